The number of fused-ring (bicyclic) bond motifs is 2. The van der Waals surface area contributed by atoms with Gasteiger partial charge in [-0.1, -0.05) is 24.3 Å². The fourth-order valence-corrected chi connectivity index (χ4v) is 3.69. The molecule has 1 unspecified atom stereocenters. The summed E-state index contributed by atoms with van der Waals surface area (Å²) in [5.74, 6) is -0.623. The number of carbonyl (C=O) groups excluding carboxylic acids is 1. The van der Waals surface area contributed by atoms with Gasteiger partial charge in [0.15, 0.2) is 5.79 Å². The molecule has 2 saturated heterocycles. The molecule has 5 heteroatoms. The molecular formula is C16H20N2O3. The molecule has 21 heavy (non-hydrogen) atoms. The molecule has 1 N–H and O–H groups in total. The van der Waals surface area contributed by atoms with E-state index < -0.39 is 5.79 Å². The van der Waals surface area contributed by atoms with Crippen LogP contribution in [0.3, 0.4) is 0 Å². The minimum Gasteiger partial charge on any atom is -0.343 e. The highest BCUT2D eigenvalue weighted by molar-refractivity contribution is 5.85. The third kappa shape index (κ3) is 2.08. The van der Waals surface area contributed by atoms with E-state index >= 15 is 0 Å². The Balaban J connectivity index is 1.66. The lowest BCUT2D eigenvalue weighted by Crippen LogP contribution is -2.48. The lowest BCUT2D eigenvalue weighted by Gasteiger charge is -2.30. The molecule has 2 heterocycles. The zero-order valence-corrected chi connectivity index (χ0v) is 12.0. The summed E-state index contributed by atoms with van der Waals surface area (Å²) in [6, 6.07) is 8.06. The molecule has 0 radical (unpaired) electrons. The average Bonchev–Trinajstić information content (AvgIpc) is 3.15. The predicted molar refractivity (Wildman–Crippen MR) is 76.8 cm³/mol. The Hall–Kier alpha value is -1.43. The van der Waals surface area contributed by atoms with Gasteiger partial charge in [0, 0.05) is 38.2 Å². The molecule has 1 aromatic carbocycles. The molecule has 4 rings (SSSR count). The largest absolute Gasteiger partial charge is 0.343 e. The van der Waals surface area contributed by atoms with Crippen molar-refractivity contribution in [2.45, 2.75) is 18.1 Å². The van der Waals surface area contributed by atoms with Gasteiger partial charge in [0.25, 0.3) is 0 Å². The number of hydrogen-bond acceptors (Lipinski definition) is 4. The number of benzene rings is 1. The summed E-state index contributed by atoms with van der Waals surface area (Å²) in [7, 11) is 0. The van der Waals surface area contributed by atoms with Gasteiger partial charge in [-0.25, -0.2) is 0 Å². The van der Waals surface area contributed by atoms with Crippen LogP contribution in [0.15, 0.2) is 24.3 Å². The molecule has 1 aliphatic carbocycles. The molecule has 112 valence electrons. The first-order valence-electron chi connectivity index (χ1n) is 7.67. The monoisotopic (exact) mass is 288 g/mol. The van der Waals surface area contributed by atoms with Crippen LogP contribution < -0.4 is 5.32 Å². The van der Waals surface area contributed by atoms with E-state index in [0.717, 1.165) is 37.3 Å². The SMILES string of the molecule is O=C(C1CC2(OCCO2)c2ccccc21)N1CCNCC1. The van der Waals surface area contributed by atoms with Crippen molar-refractivity contribution in [1.82, 2.24) is 10.2 Å². The average molecular weight is 288 g/mol. The van der Waals surface area contributed by atoms with E-state index in [9.17, 15) is 4.79 Å². The summed E-state index contributed by atoms with van der Waals surface area (Å²) in [4.78, 5) is 14.9. The van der Waals surface area contributed by atoms with Crippen molar-refractivity contribution in [1.29, 1.82) is 0 Å². The standard InChI is InChI=1S/C16H20N2O3/c19-15(18-7-5-17-6-8-18)13-11-16(20-9-10-21-16)14-4-2-1-3-12(13)14/h1-4,13,17H,5-11H2. The van der Waals surface area contributed by atoms with Crippen molar-refractivity contribution < 1.29 is 14.3 Å². The lowest BCUT2D eigenvalue weighted by atomic mass is 9.99. The van der Waals surface area contributed by atoms with E-state index in [0.29, 0.717) is 19.6 Å². The molecule has 0 bridgehead atoms. The van der Waals surface area contributed by atoms with Crippen LogP contribution >= 0.6 is 0 Å². The number of carbonyl (C=O) groups is 1. The number of hydrogen-bond donors (Lipinski definition) is 1. The zero-order chi connectivity index (χ0) is 14.3. The summed E-state index contributed by atoms with van der Waals surface area (Å²) in [6.45, 7) is 4.51. The normalized spacial score (nSPS) is 27.0. The predicted octanol–water partition coefficient (Wildman–Crippen LogP) is 0.805. The van der Waals surface area contributed by atoms with Crippen molar-refractivity contribution in [3.63, 3.8) is 0 Å². The van der Waals surface area contributed by atoms with Crippen molar-refractivity contribution in [2.24, 2.45) is 0 Å². The second-order valence-electron chi connectivity index (χ2n) is 5.87. The summed E-state index contributed by atoms with van der Waals surface area (Å²) >= 11 is 0. The second kappa shape index (κ2) is 5.09. The van der Waals surface area contributed by atoms with Crippen molar-refractivity contribution in [3.8, 4) is 0 Å². The summed E-state index contributed by atoms with van der Waals surface area (Å²) < 4.78 is 11.8. The molecule has 1 atom stereocenters. The van der Waals surface area contributed by atoms with Gasteiger partial charge in [0.05, 0.1) is 19.1 Å². The summed E-state index contributed by atoms with van der Waals surface area (Å²) in [5.41, 5.74) is 2.11. The highest BCUT2D eigenvalue weighted by Gasteiger charge is 2.51. The van der Waals surface area contributed by atoms with Crippen molar-refractivity contribution in [3.05, 3.63) is 35.4 Å². The van der Waals surface area contributed by atoms with Gasteiger partial charge in [-0.05, 0) is 5.56 Å². The number of ether oxygens (including phenoxy) is 2. The van der Waals surface area contributed by atoms with Crippen LogP contribution in [-0.4, -0.2) is 50.2 Å². The van der Waals surface area contributed by atoms with Gasteiger partial charge in [0.1, 0.15) is 0 Å². The minimum absolute atomic E-state index is 0.141. The molecule has 1 spiro atoms. The maximum atomic E-state index is 12.9. The second-order valence-corrected chi connectivity index (χ2v) is 5.87. The van der Waals surface area contributed by atoms with E-state index in [1.54, 1.807) is 0 Å². The Bertz CT molecular complexity index is 548. The molecule has 0 aromatic heterocycles. The van der Waals surface area contributed by atoms with Gasteiger partial charge in [-0.3, -0.25) is 4.79 Å². The van der Waals surface area contributed by atoms with Gasteiger partial charge >= 0.3 is 0 Å². The van der Waals surface area contributed by atoms with E-state index in [-0.39, 0.29) is 11.8 Å². The topological polar surface area (TPSA) is 50.8 Å². The quantitative estimate of drug-likeness (QED) is 0.831. The highest BCUT2D eigenvalue weighted by Crippen LogP contribution is 2.50. The summed E-state index contributed by atoms with van der Waals surface area (Å²) in [6.07, 6.45) is 0.606. The van der Waals surface area contributed by atoms with E-state index in [1.165, 1.54) is 0 Å². The number of piperazine rings is 1. The van der Waals surface area contributed by atoms with Gasteiger partial charge < -0.3 is 19.7 Å². The van der Waals surface area contributed by atoms with Crippen LogP contribution in [0.25, 0.3) is 0 Å². The van der Waals surface area contributed by atoms with E-state index in [1.807, 2.05) is 29.2 Å². The molecule has 2 aliphatic heterocycles. The van der Waals surface area contributed by atoms with Crippen LogP contribution in [-0.2, 0) is 20.1 Å². The molecule has 5 nitrogen and oxygen atoms in total. The first kappa shape index (κ1) is 13.2. The Kier molecular flexibility index (Phi) is 3.21. The van der Waals surface area contributed by atoms with E-state index in [2.05, 4.69) is 5.32 Å². The van der Waals surface area contributed by atoms with Gasteiger partial charge in [0.2, 0.25) is 5.91 Å². The molecule has 2 fully saturated rings. The maximum Gasteiger partial charge on any atom is 0.230 e. The third-order valence-corrected chi connectivity index (χ3v) is 4.70. The van der Waals surface area contributed by atoms with Crippen LogP contribution in [0, 0.1) is 0 Å². The van der Waals surface area contributed by atoms with E-state index in [4.69, 9.17) is 9.47 Å². The third-order valence-electron chi connectivity index (χ3n) is 4.70. The Morgan fingerprint density at radius 2 is 1.90 bits per heavy atom. The fraction of sp³-hybridized carbons (Fsp3) is 0.562. The summed E-state index contributed by atoms with van der Waals surface area (Å²) in [5, 5.41) is 3.28. The number of nitrogens with one attached hydrogen (secondary N) is 1. The number of nitrogens with zero attached hydrogens (tertiary/aromatic N) is 1. The number of amides is 1. The minimum atomic E-state index is -0.690. The highest BCUT2D eigenvalue weighted by atomic mass is 16.7. The van der Waals surface area contributed by atoms with Gasteiger partial charge in [-0.15, -0.1) is 0 Å². The molecule has 1 amide bonds. The Labute approximate surface area is 124 Å². The van der Waals surface area contributed by atoms with Gasteiger partial charge in [-0.2, -0.15) is 0 Å². The number of rotatable bonds is 1. The van der Waals surface area contributed by atoms with Crippen molar-refractivity contribution >= 4 is 5.91 Å². The lowest BCUT2D eigenvalue weighted by molar-refractivity contribution is -0.169. The van der Waals surface area contributed by atoms with Crippen molar-refractivity contribution in [2.75, 3.05) is 39.4 Å². The Morgan fingerprint density at radius 3 is 2.67 bits per heavy atom. The smallest absolute Gasteiger partial charge is 0.230 e. The van der Waals surface area contributed by atoms with Crippen LogP contribution in [0.1, 0.15) is 23.5 Å². The van der Waals surface area contributed by atoms with Crippen LogP contribution in [0.2, 0.25) is 0 Å². The fourth-order valence-electron chi connectivity index (χ4n) is 3.69. The maximum absolute atomic E-state index is 12.9. The first-order chi connectivity index (χ1) is 10.3. The Morgan fingerprint density at radius 1 is 1.19 bits per heavy atom. The van der Waals surface area contributed by atoms with Crippen LogP contribution in [0.5, 0.6) is 0 Å². The van der Waals surface area contributed by atoms with Crippen LogP contribution in [0.4, 0.5) is 0 Å². The molecule has 3 aliphatic rings. The molecule has 0 saturated carbocycles. The zero-order valence-electron chi connectivity index (χ0n) is 12.0. The molecular weight excluding hydrogens is 268 g/mol. The first-order valence-corrected chi connectivity index (χ1v) is 7.67. The molecule has 1 aromatic rings.